The second-order valence-corrected chi connectivity index (χ2v) is 6.49. The molecule has 0 aliphatic carbocycles. The van der Waals surface area contributed by atoms with E-state index >= 15 is 0 Å². The van der Waals surface area contributed by atoms with E-state index in [0.717, 1.165) is 16.2 Å². The van der Waals surface area contributed by atoms with E-state index in [1.165, 1.54) is 11.8 Å². The highest BCUT2D eigenvalue weighted by molar-refractivity contribution is 6.01. The number of rotatable bonds is 9. The molecule has 1 heterocycles. The van der Waals surface area contributed by atoms with Crippen LogP contribution in [0.15, 0.2) is 24.3 Å². The minimum Gasteiger partial charge on any atom is -0.497 e. The van der Waals surface area contributed by atoms with E-state index in [9.17, 15) is 19.2 Å². The van der Waals surface area contributed by atoms with E-state index in [2.05, 4.69) is 5.32 Å². The van der Waals surface area contributed by atoms with Gasteiger partial charge >= 0.3 is 12.0 Å². The van der Waals surface area contributed by atoms with Crippen molar-refractivity contribution < 1.29 is 28.7 Å². The maximum absolute atomic E-state index is 12.1. The van der Waals surface area contributed by atoms with Crippen LogP contribution in [0.1, 0.15) is 25.3 Å². The second-order valence-electron chi connectivity index (χ2n) is 6.49. The number of carbonyl (C=O) groups excluding carboxylic acids is 4. The van der Waals surface area contributed by atoms with Crippen molar-refractivity contribution in [2.45, 2.75) is 32.4 Å². The topological polar surface area (TPSA) is 105 Å². The summed E-state index contributed by atoms with van der Waals surface area (Å²) >= 11 is 0. The van der Waals surface area contributed by atoms with E-state index in [1.807, 2.05) is 12.1 Å². The number of nitrogens with one attached hydrogen (secondary N) is 1. The Morgan fingerprint density at radius 3 is 2.46 bits per heavy atom. The lowest BCUT2D eigenvalue weighted by molar-refractivity contribution is -0.155. The number of methoxy groups -OCH3 is 1. The van der Waals surface area contributed by atoms with Crippen LogP contribution in [0, 0.1) is 0 Å². The van der Waals surface area contributed by atoms with Crippen molar-refractivity contribution in [3.05, 3.63) is 29.8 Å². The van der Waals surface area contributed by atoms with Gasteiger partial charge in [0.15, 0.2) is 6.10 Å². The Morgan fingerprint density at radius 1 is 1.21 bits per heavy atom. The third-order valence-electron chi connectivity index (χ3n) is 4.30. The number of hydrogen-bond donors (Lipinski definition) is 1. The molecular weight excluding hydrogens is 366 g/mol. The molecule has 0 bridgehead atoms. The molecule has 1 fully saturated rings. The summed E-state index contributed by atoms with van der Waals surface area (Å²) in [6.45, 7) is 1.99. The molecule has 0 aromatic heterocycles. The Morgan fingerprint density at radius 2 is 1.89 bits per heavy atom. The quantitative estimate of drug-likeness (QED) is 0.496. The maximum Gasteiger partial charge on any atom is 0.326 e. The van der Waals surface area contributed by atoms with Gasteiger partial charge < -0.3 is 19.7 Å². The van der Waals surface area contributed by atoms with Gasteiger partial charge in [-0.25, -0.2) is 4.79 Å². The molecule has 0 radical (unpaired) electrons. The predicted octanol–water partition coefficient (Wildman–Crippen LogP) is 0.917. The number of carbonyl (C=O) groups is 4. The van der Waals surface area contributed by atoms with Gasteiger partial charge in [0, 0.05) is 26.6 Å². The number of imide groups is 1. The molecule has 1 atom stereocenters. The number of nitrogens with zero attached hydrogens (tertiary/aromatic N) is 2. The average Bonchev–Trinajstić information content (AvgIpc) is 2.92. The molecule has 4 amide bonds. The first kappa shape index (κ1) is 21.2. The van der Waals surface area contributed by atoms with Gasteiger partial charge in [-0.1, -0.05) is 12.1 Å². The van der Waals surface area contributed by atoms with Gasteiger partial charge in [-0.15, -0.1) is 0 Å². The van der Waals surface area contributed by atoms with Crippen LogP contribution in [0.5, 0.6) is 5.75 Å². The van der Waals surface area contributed by atoms with Crippen LogP contribution in [0.25, 0.3) is 0 Å². The number of urea groups is 1. The Bertz CT molecular complexity index is 734. The summed E-state index contributed by atoms with van der Waals surface area (Å²) in [6.07, 6.45) is -0.645. The van der Waals surface area contributed by atoms with Crippen LogP contribution in [-0.4, -0.2) is 67.0 Å². The number of hydrogen-bond acceptors (Lipinski definition) is 6. The summed E-state index contributed by atoms with van der Waals surface area (Å²) in [4.78, 5) is 49.8. The Labute approximate surface area is 163 Å². The third kappa shape index (κ3) is 5.70. The van der Waals surface area contributed by atoms with Crippen LogP contribution >= 0.6 is 0 Å². The summed E-state index contributed by atoms with van der Waals surface area (Å²) < 4.78 is 10.2. The van der Waals surface area contributed by atoms with Crippen molar-refractivity contribution in [2.24, 2.45) is 0 Å². The summed E-state index contributed by atoms with van der Waals surface area (Å²) in [6, 6.07) is 6.86. The monoisotopic (exact) mass is 391 g/mol. The zero-order valence-electron chi connectivity index (χ0n) is 16.3. The number of amides is 4. The molecule has 9 nitrogen and oxygen atoms in total. The minimum absolute atomic E-state index is 0.0108. The van der Waals surface area contributed by atoms with Crippen molar-refractivity contribution in [1.82, 2.24) is 15.1 Å². The van der Waals surface area contributed by atoms with Crippen LogP contribution in [-0.2, 0) is 25.7 Å². The molecule has 0 saturated carbocycles. The molecule has 1 aromatic carbocycles. The Balaban J connectivity index is 1.68. The molecule has 9 heteroatoms. The summed E-state index contributed by atoms with van der Waals surface area (Å²) in [5, 5.41) is 2.70. The van der Waals surface area contributed by atoms with Gasteiger partial charge in [0.05, 0.1) is 7.11 Å². The maximum atomic E-state index is 12.1. The highest BCUT2D eigenvalue weighted by atomic mass is 16.5. The smallest absolute Gasteiger partial charge is 0.326 e. The molecule has 0 unspecified atom stereocenters. The lowest BCUT2D eigenvalue weighted by Gasteiger charge is -2.15. The summed E-state index contributed by atoms with van der Waals surface area (Å²) in [5.41, 5.74) is 0.887. The molecular formula is C19H25N3O6. The average molecular weight is 391 g/mol. The summed E-state index contributed by atoms with van der Waals surface area (Å²) in [7, 11) is 3.12. The van der Waals surface area contributed by atoms with E-state index in [0.29, 0.717) is 6.54 Å². The van der Waals surface area contributed by atoms with Gasteiger partial charge in [-0.05, 0) is 31.0 Å². The first-order valence-electron chi connectivity index (χ1n) is 8.97. The molecule has 1 aliphatic rings. The molecule has 28 heavy (non-hydrogen) atoms. The summed E-state index contributed by atoms with van der Waals surface area (Å²) in [5.74, 6) is -0.524. The van der Waals surface area contributed by atoms with E-state index in [4.69, 9.17) is 9.47 Å². The van der Waals surface area contributed by atoms with Gasteiger partial charge in [0.2, 0.25) is 5.91 Å². The van der Waals surface area contributed by atoms with E-state index in [1.54, 1.807) is 26.3 Å². The number of likely N-dealkylation sites (N-methyl/N-ethyl adjacent to an activating group) is 1. The first-order chi connectivity index (χ1) is 13.3. The van der Waals surface area contributed by atoms with Gasteiger partial charge in [0.1, 0.15) is 12.3 Å². The third-order valence-corrected chi connectivity index (χ3v) is 4.30. The molecule has 2 rings (SSSR count). The minimum atomic E-state index is -0.938. The van der Waals surface area contributed by atoms with Crippen molar-refractivity contribution >= 4 is 23.8 Å². The Kier molecular flexibility index (Phi) is 7.36. The van der Waals surface area contributed by atoms with Gasteiger partial charge in [0.25, 0.3) is 5.91 Å². The largest absolute Gasteiger partial charge is 0.497 e. The fourth-order valence-electron chi connectivity index (χ4n) is 2.66. The van der Waals surface area contributed by atoms with Crippen molar-refractivity contribution in [2.75, 3.05) is 27.2 Å². The molecule has 1 N–H and O–H groups in total. The van der Waals surface area contributed by atoms with Crippen molar-refractivity contribution in [3.63, 3.8) is 0 Å². The first-order valence-corrected chi connectivity index (χ1v) is 8.97. The molecule has 1 aliphatic heterocycles. The van der Waals surface area contributed by atoms with E-state index in [-0.39, 0.29) is 37.9 Å². The zero-order chi connectivity index (χ0) is 20.7. The van der Waals surface area contributed by atoms with Crippen molar-refractivity contribution in [1.29, 1.82) is 0 Å². The second kappa shape index (κ2) is 9.72. The number of esters is 1. The van der Waals surface area contributed by atoms with E-state index < -0.39 is 18.0 Å². The standard InChI is InChI=1S/C19H25N3O6/c1-13(18(25)20-11-14-6-8-15(27-3)9-7-14)28-17(24)5-4-10-22-16(23)12-21(2)19(22)26/h6-9,13H,4-5,10-12H2,1-3H3,(H,20,25)/t13-/m1/s1. The number of benzene rings is 1. The fraction of sp³-hybridized carbons (Fsp3) is 0.474. The normalized spacial score (nSPS) is 14.8. The molecule has 1 saturated heterocycles. The van der Waals surface area contributed by atoms with Crippen molar-refractivity contribution in [3.8, 4) is 5.75 Å². The molecule has 0 spiro atoms. The Hall–Kier alpha value is -3.10. The zero-order valence-corrected chi connectivity index (χ0v) is 16.3. The lowest BCUT2D eigenvalue weighted by Crippen LogP contribution is -2.36. The highest BCUT2D eigenvalue weighted by Crippen LogP contribution is 2.12. The predicted molar refractivity (Wildman–Crippen MR) is 99.4 cm³/mol. The SMILES string of the molecule is COc1ccc(CNC(=O)[C@@H](C)OC(=O)CCCN2C(=O)CN(C)C2=O)cc1. The van der Waals surface area contributed by atoms with Crippen LogP contribution in [0.3, 0.4) is 0 Å². The van der Waals surface area contributed by atoms with Crippen LogP contribution in [0.4, 0.5) is 4.79 Å². The molecule has 1 aromatic rings. The number of ether oxygens (including phenoxy) is 2. The van der Waals surface area contributed by atoms with Gasteiger partial charge in [-0.2, -0.15) is 0 Å². The van der Waals surface area contributed by atoms with Crippen LogP contribution in [0.2, 0.25) is 0 Å². The lowest BCUT2D eigenvalue weighted by atomic mass is 10.2. The van der Waals surface area contributed by atoms with Gasteiger partial charge in [-0.3, -0.25) is 19.3 Å². The fourth-order valence-corrected chi connectivity index (χ4v) is 2.66. The molecule has 152 valence electrons. The highest BCUT2D eigenvalue weighted by Gasteiger charge is 2.33. The van der Waals surface area contributed by atoms with Crippen LogP contribution < -0.4 is 10.1 Å².